The summed E-state index contributed by atoms with van der Waals surface area (Å²) in [5.74, 6) is 7.73. The minimum atomic E-state index is 0.00868. The van der Waals surface area contributed by atoms with Crippen molar-refractivity contribution in [2.75, 3.05) is 37.8 Å². The number of aromatic nitrogens is 3. The van der Waals surface area contributed by atoms with Gasteiger partial charge in [-0.05, 0) is 25.9 Å². The van der Waals surface area contributed by atoms with Gasteiger partial charge in [-0.1, -0.05) is 44.9 Å². The lowest BCUT2D eigenvalue weighted by Gasteiger charge is -2.20. The van der Waals surface area contributed by atoms with Gasteiger partial charge < -0.3 is 16.1 Å². The maximum atomic E-state index is 11.9. The largest absolute Gasteiger partial charge is 0.354 e. The average molecular weight is 355 g/mol. The van der Waals surface area contributed by atoms with Gasteiger partial charge in [0.1, 0.15) is 0 Å². The summed E-state index contributed by atoms with van der Waals surface area (Å²) in [7, 11) is 0. The van der Waals surface area contributed by atoms with E-state index in [1.54, 1.807) is 4.68 Å². The standard InChI is InChI=1S/C16H30N6OS/c1-3-21(4-2)11-10-18-14(23)12-24-16-20-19-15(22(16)17)13-8-6-5-7-9-13/h13H,3-12,17H2,1-2H3,(H,18,23). The van der Waals surface area contributed by atoms with E-state index in [0.29, 0.717) is 23.4 Å². The molecule has 1 amide bonds. The molecule has 1 aromatic rings. The SMILES string of the molecule is CCN(CC)CCNC(=O)CSc1nnc(C2CCCCC2)n1N. The molecule has 0 radical (unpaired) electrons. The van der Waals surface area contributed by atoms with Gasteiger partial charge in [0, 0.05) is 19.0 Å². The fraction of sp³-hybridized carbons (Fsp3) is 0.812. The molecule has 1 fully saturated rings. The van der Waals surface area contributed by atoms with Gasteiger partial charge in [0.25, 0.3) is 0 Å². The van der Waals surface area contributed by atoms with Crippen molar-refractivity contribution in [1.82, 2.24) is 25.1 Å². The van der Waals surface area contributed by atoms with E-state index >= 15 is 0 Å². The summed E-state index contributed by atoms with van der Waals surface area (Å²) in [6.07, 6.45) is 6.02. The quantitative estimate of drug-likeness (QED) is 0.517. The highest BCUT2D eigenvalue weighted by molar-refractivity contribution is 7.99. The van der Waals surface area contributed by atoms with E-state index in [2.05, 4.69) is 34.3 Å². The maximum Gasteiger partial charge on any atom is 0.230 e. The molecule has 8 heteroatoms. The number of carbonyl (C=O) groups excluding carboxylic acids is 1. The Labute approximate surface area is 148 Å². The van der Waals surface area contributed by atoms with Gasteiger partial charge in [-0.15, -0.1) is 10.2 Å². The molecule has 136 valence electrons. The number of thioether (sulfide) groups is 1. The summed E-state index contributed by atoms with van der Waals surface area (Å²) in [4.78, 5) is 14.2. The Morgan fingerprint density at radius 1 is 1.29 bits per heavy atom. The van der Waals surface area contributed by atoms with Crippen molar-refractivity contribution in [2.45, 2.75) is 57.0 Å². The van der Waals surface area contributed by atoms with E-state index in [1.807, 2.05) is 0 Å². The van der Waals surface area contributed by atoms with Gasteiger partial charge in [-0.25, -0.2) is 4.68 Å². The summed E-state index contributed by atoms with van der Waals surface area (Å²) in [5.41, 5.74) is 0. The van der Waals surface area contributed by atoms with Crippen LogP contribution in [0.5, 0.6) is 0 Å². The van der Waals surface area contributed by atoms with Gasteiger partial charge in [0.2, 0.25) is 11.1 Å². The van der Waals surface area contributed by atoms with Crippen molar-refractivity contribution in [1.29, 1.82) is 0 Å². The summed E-state index contributed by atoms with van der Waals surface area (Å²) in [6, 6.07) is 0. The Kier molecular flexibility index (Phi) is 7.84. The zero-order valence-corrected chi connectivity index (χ0v) is 15.6. The maximum absolute atomic E-state index is 11.9. The van der Waals surface area contributed by atoms with E-state index in [1.165, 1.54) is 31.0 Å². The molecule has 1 aromatic heterocycles. The third kappa shape index (κ3) is 5.37. The minimum absolute atomic E-state index is 0.00868. The molecule has 3 N–H and O–H groups in total. The molecule has 0 bridgehead atoms. The van der Waals surface area contributed by atoms with Crippen LogP contribution in [-0.4, -0.2) is 57.6 Å². The first-order chi connectivity index (χ1) is 11.7. The second kappa shape index (κ2) is 9.88. The molecule has 0 unspecified atom stereocenters. The molecule has 0 atom stereocenters. The molecule has 0 spiro atoms. The molecule has 1 heterocycles. The number of carbonyl (C=O) groups is 1. The number of likely N-dealkylation sites (N-methyl/N-ethyl adjacent to an activating group) is 1. The lowest BCUT2D eigenvalue weighted by Crippen LogP contribution is -2.35. The molecule has 0 aromatic carbocycles. The van der Waals surface area contributed by atoms with E-state index < -0.39 is 0 Å². The second-order valence-electron chi connectivity index (χ2n) is 6.21. The Morgan fingerprint density at radius 2 is 2.00 bits per heavy atom. The average Bonchev–Trinajstić information content (AvgIpc) is 2.98. The van der Waals surface area contributed by atoms with Crippen molar-refractivity contribution in [2.24, 2.45) is 0 Å². The van der Waals surface area contributed by atoms with Crippen LogP contribution in [0.15, 0.2) is 5.16 Å². The van der Waals surface area contributed by atoms with Gasteiger partial charge in [0.15, 0.2) is 5.82 Å². The zero-order valence-electron chi connectivity index (χ0n) is 14.8. The van der Waals surface area contributed by atoms with Crippen LogP contribution >= 0.6 is 11.8 Å². The molecular weight excluding hydrogens is 324 g/mol. The first kappa shape index (κ1) is 19.1. The van der Waals surface area contributed by atoms with Crippen molar-refractivity contribution in [3.05, 3.63) is 5.82 Å². The number of nitrogens with one attached hydrogen (secondary N) is 1. The van der Waals surface area contributed by atoms with Gasteiger partial charge >= 0.3 is 0 Å². The number of nitrogens with two attached hydrogens (primary N) is 1. The zero-order chi connectivity index (χ0) is 17.4. The molecular formula is C16H30N6OS. The predicted molar refractivity (Wildman–Crippen MR) is 97.5 cm³/mol. The van der Waals surface area contributed by atoms with Crippen LogP contribution in [0.3, 0.4) is 0 Å². The first-order valence-electron chi connectivity index (χ1n) is 8.97. The van der Waals surface area contributed by atoms with Crippen LogP contribution in [0.1, 0.15) is 57.7 Å². The van der Waals surface area contributed by atoms with Gasteiger partial charge in [-0.2, -0.15) is 0 Å². The summed E-state index contributed by atoms with van der Waals surface area (Å²) in [6.45, 7) is 7.80. The van der Waals surface area contributed by atoms with Crippen LogP contribution in [0, 0.1) is 0 Å². The van der Waals surface area contributed by atoms with Crippen LogP contribution in [0.2, 0.25) is 0 Å². The molecule has 0 saturated heterocycles. The molecule has 2 rings (SSSR count). The highest BCUT2D eigenvalue weighted by Gasteiger charge is 2.22. The summed E-state index contributed by atoms with van der Waals surface area (Å²) < 4.78 is 1.57. The van der Waals surface area contributed by atoms with E-state index in [4.69, 9.17) is 5.84 Å². The molecule has 1 aliphatic rings. The second-order valence-corrected chi connectivity index (χ2v) is 7.15. The lowest BCUT2D eigenvalue weighted by atomic mass is 9.89. The molecule has 1 saturated carbocycles. The van der Waals surface area contributed by atoms with Crippen molar-refractivity contribution in [3.8, 4) is 0 Å². The first-order valence-corrected chi connectivity index (χ1v) is 9.96. The third-order valence-electron chi connectivity index (χ3n) is 4.64. The van der Waals surface area contributed by atoms with Crippen molar-refractivity contribution in [3.63, 3.8) is 0 Å². The van der Waals surface area contributed by atoms with Gasteiger partial charge in [0.05, 0.1) is 5.75 Å². The number of hydrogen-bond donors (Lipinski definition) is 2. The number of nitrogen functional groups attached to an aromatic ring is 1. The molecule has 1 aliphatic carbocycles. The predicted octanol–water partition coefficient (Wildman–Crippen LogP) is 1.59. The topological polar surface area (TPSA) is 89.1 Å². The molecule has 0 aliphatic heterocycles. The van der Waals surface area contributed by atoms with Crippen molar-refractivity contribution >= 4 is 17.7 Å². The Balaban J connectivity index is 1.75. The van der Waals surface area contributed by atoms with Gasteiger partial charge in [-0.3, -0.25) is 4.79 Å². The van der Waals surface area contributed by atoms with Crippen molar-refractivity contribution < 1.29 is 4.79 Å². The number of rotatable bonds is 9. The number of amides is 1. The summed E-state index contributed by atoms with van der Waals surface area (Å²) in [5, 5.41) is 12.0. The van der Waals surface area contributed by atoms with E-state index in [-0.39, 0.29) is 5.91 Å². The molecule has 24 heavy (non-hydrogen) atoms. The van der Waals surface area contributed by atoms with E-state index in [9.17, 15) is 4.79 Å². The number of hydrogen-bond acceptors (Lipinski definition) is 6. The lowest BCUT2D eigenvalue weighted by molar-refractivity contribution is -0.118. The van der Waals surface area contributed by atoms with E-state index in [0.717, 1.165) is 38.3 Å². The van der Waals surface area contributed by atoms with Crippen LogP contribution in [-0.2, 0) is 4.79 Å². The number of nitrogens with zero attached hydrogens (tertiary/aromatic N) is 4. The highest BCUT2D eigenvalue weighted by atomic mass is 32.2. The molecule has 7 nitrogen and oxygen atoms in total. The Morgan fingerprint density at radius 3 is 2.67 bits per heavy atom. The normalized spacial score (nSPS) is 15.8. The van der Waals surface area contributed by atoms with Crippen LogP contribution < -0.4 is 11.2 Å². The third-order valence-corrected chi connectivity index (χ3v) is 5.58. The smallest absolute Gasteiger partial charge is 0.230 e. The minimum Gasteiger partial charge on any atom is -0.354 e. The summed E-state index contributed by atoms with van der Waals surface area (Å²) >= 11 is 1.35. The van der Waals surface area contributed by atoms with Crippen LogP contribution in [0.4, 0.5) is 0 Å². The Hall–Kier alpha value is -1.28. The monoisotopic (exact) mass is 354 g/mol. The Bertz CT molecular complexity index is 511. The fourth-order valence-corrected chi connectivity index (χ4v) is 3.79. The fourth-order valence-electron chi connectivity index (χ4n) is 3.10. The highest BCUT2D eigenvalue weighted by Crippen LogP contribution is 2.32. The van der Waals surface area contributed by atoms with Crippen LogP contribution in [0.25, 0.3) is 0 Å².